The van der Waals surface area contributed by atoms with Gasteiger partial charge in [-0.2, -0.15) is 0 Å². The van der Waals surface area contributed by atoms with E-state index >= 15 is 0 Å². The Kier molecular flexibility index (Phi) is 8.23. The Hall–Kier alpha value is -8.72. The summed E-state index contributed by atoms with van der Waals surface area (Å²) >= 11 is 0. The lowest BCUT2D eigenvalue weighted by Gasteiger charge is -2.32. The van der Waals surface area contributed by atoms with Crippen molar-refractivity contribution >= 4 is 49.8 Å². The molecule has 0 bridgehead atoms. The van der Waals surface area contributed by atoms with Crippen molar-refractivity contribution in [3.8, 4) is 55.6 Å². The summed E-state index contributed by atoms with van der Waals surface area (Å²) in [4.78, 5) is 2.43. The molecule has 0 saturated heterocycles. The first kappa shape index (κ1) is 37.6. The van der Waals surface area contributed by atoms with Crippen LogP contribution in [0.25, 0.3) is 88.3 Å². The molecule has 0 amide bonds. The van der Waals surface area contributed by atoms with Gasteiger partial charge in [-0.3, -0.25) is 0 Å². The molecule has 0 atom stereocenters. The van der Waals surface area contributed by atoms with Gasteiger partial charge in [-0.1, -0.05) is 200 Å². The summed E-state index contributed by atoms with van der Waals surface area (Å²) in [6, 6.07) is 91.3. The third-order valence-electron chi connectivity index (χ3n) is 14.5. The molecule has 1 spiro atoms. The lowest BCUT2D eigenvalue weighted by Crippen LogP contribution is -2.26. The van der Waals surface area contributed by atoms with Crippen LogP contribution in [0, 0.1) is 0 Å². The van der Waals surface area contributed by atoms with E-state index in [2.05, 4.69) is 254 Å². The molecule has 0 N–H and O–H groups in total. The highest BCUT2D eigenvalue weighted by Crippen LogP contribution is 2.63. The predicted molar refractivity (Wildman–Crippen MR) is 279 cm³/mol. The van der Waals surface area contributed by atoms with Crippen molar-refractivity contribution in [2.24, 2.45) is 0 Å². The molecule has 67 heavy (non-hydrogen) atoms. The van der Waals surface area contributed by atoms with E-state index in [1.54, 1.807) is 0 Å². The summed E-state index contributed by atoms with van der Waals surface area (Å²) in [5.74, 6) is 0. The van der Waals surface area contributed by atoms with Crippen LogP contribution >= 0.6 is 0 Å². The summed E-state index contributed by atoms with van der Waals surface area (Å²) in [5, 5.41) is 4.57. The van der Waals surface area contributed by atoms with Gasteiger partial charge < -0.3 is 9.32 Å². The molecule has 0 fully saturated rings. The molecule has 2 aliphatic carbocycles. The molecule has 0 unspecified atom stereocenters. The van der Waals surface area contributed by atoms with Gasteiger partial charge in [-0.25, -0.2) is 0 Å². The average Bonchev–Trinajstić information content (AvgIpc) is 4.02. The van der Waals surface area contributed by atoms with Crippen molar-refractivity contribution in [2.75, 3.05) is 4.90 Å². The van der Waals surface area contributed by atoms with Crippen LogP contribution in [0.1, 0.15) is 22.3 Å². The van der Waals surface area contributed by atoms with Crippen LogP contribution in [-0.2, 0) is 5.41 Å². The predicted octanol–water partition coefficient (Wildman–Crippen LogP) is 17.6. The summed E-state index contributed by atoms with van der Waals surface area (Å²) < 4.78 is 7.00. The van der Waals surface area contributed by atoms with Crippen molar-refractivity contribution in [1.29, 1.82) is 0 Å². The Morgan fingerprint density at radius 1 is 0.284 bits per heavy atom. The van der Waals surface area contributed by atoms with Crippen LogP contribution < -0.4 is 4.90 Å². The molecule has 11 aromatic carbocycles. The van der Waals surface area contributed by atoms with Gasteiger partial charge in [-0.15, -0.1) is 0 Å². The molecule has 2 heteroatoms. The van der Waals surface area contributed by atoms with Gasteiger partial charge in [0.25, 0.3) is 0 Å². The molecular formula is C65H41NO. The molecule has 0 aliphatic heterocycles. The van der Waals surface area contributed by atoms with Crippen molar-refractivity contribution in [3.05, 3.63) is 271 Å². The molecule has 2 nitrogen and oxygen atoms in total. The van der Waals surface area contributed by atoms with Crippen LogP contribution in [-0.4, -0.2) is 0 Å². The third-order valence-corrected chi connectivity index (χ3v) is 14.5. The lowest BCUT2D eigenvalue weighted by molar-refractivity contribution is 0.669. The maximum atomic E-state index is 7.00. The van der Waals surface area contributed by atoms with Gasteiger partial charge in [0.1, 0.15) is 11.2 Å². The van der Waals surface area contributed by atoms with E-state index < -0.39 is 5.41 Å². The Bertz CT molecular complexity index is 3840. The van der Waals surface area contributed by atoms with Crippen molar-refractivity contribution in [2.45, 2.75) is 5.41 Å². The topological polar surface area (TPSA) is 16.4 Å². The summed E-state index contributed by atoms with van der Waals surface area (Å²) in [6.07, 6.45) is 0. The molecule has 1 aromatic heterocycles. The minimum atomic E-state index is -0.478. The smallest absolute Gasteiger partial charge is 0.138 e. The Labute approximate surface area is 389 Å². The fourth-order valence-electron chi connectivity index (χ4n) is 11.5. The highest BCUT2D eigenvalue weighted by molar-refractivity contribution is 6.17. The Morgan fingerprint density at radius 3 is 1.34 bits per heavy atom. The normalized spacial score (nSPS) is 12.9. The monoisotopic (exact) mass is 851 g/mol. The molecule has 0 saturated carbocycles. The summed E-state index contributed by atoms with van der Waals surface area (Å²) in [7, 11) is 0. The van der Waals surface area contributed by atoms with E-state index in [0.717, 1.165) is 55.5 Å². The third kappa shape index (κ3) is 5.63. The first-order valence-electron chi connectivity index (χ1n) is 23.2. The second-order valence-electron chi connectivity index (χ2n) is 18.0. The van der Waals surface area contributed by atoms with E-state index in [0.29, 0.717) is 0 Å². The highest BCUT2D eigenvalue weighted by atomic mass is 16.3. The number of hydrogen-bond donors (Lipinski definition) is 0. The standard InChI is InChI=1S/C65H41NO/c1-3-15-42(16-4-1)44-27-29-46(30-28-44)56-39-51(41-63-64(56)57-37-47-19-7-8-20-48(47)38-62(57)67-63)66(49-33-31-45(32-34-49)43-17-5-2-6-18-43)50-35-36-55-54-23-11-14-26-60(54)65(61(55)40-50)58-24-12-9-21-52(58)53-22-10-13-25-59(53)65/h1-41H. The van der Waals surface area contributed by atoms with Crippen LogP contribution in [0.3, 0.4) is 0 Å². The molecule has 14 rings (SSSR count). The highest BCUT2D eigenvalue weighted by Gasteiger charge is 2.51. The van der Waals surface area contributed by atoms with Crippen molar-refractivity contribution in [1.82, 2.24) is 0 Å². The molecule has 1 heterocycles. The zero-order chi connectivity index (χ0) is 44.1. The van der Waals surface area contributed by atoms with Gasteiger partial charge in [-0.05, 0) is 131 Å². The maximum absolute atomic E-state index is 7.00. The maximum Gasteiger partial charge on any atom is 0.138 e. The first-order chi connectivity index (χ1) is 33.2. The minimum Gasteiger partial charge on any atom is -0.456 e. The van der Waals surface area contributed by atoms with Crippen LogP contribution in [0.5, 0.6) is 0 Å². The van der Waals surface area contributed by atoms with Gasteiger partial charge in [0.2, 0.25) is 0 Å². The fourth-order valence-corrected chi connectivity index (χ4v) is 11.5. The van der Waals surface area contributed by atoms with E-state index in [9.17, 15) is 0 Å². The second kappa shape index (κ2) is 14.7. The molecule has 0 radical (unpaired) electrons. The summed E-state index contributed by atoms with van der Waals surface area (Å²) in [6.45, 7) is 0. The van der Waals surface area contributed by atoms with Crippen LogP contribution in [0.15, 0.2) is 253 Å². The van der Waals surface area contributed by atoms with E-state index in [1.807, 2.05) is 0 Å². The first-order valence-corrected chi connectivity index (χ1v) is 23.2. The molecule has 12 aromatic rings. The number of fused-ring (bicyclic) bond motifs is 14. The van der Waals surface area contributed by atoms with Gasteiger partial charge in [0.05, 0.1) is 11.1 Å². The van der Waals surface area contributed by atoms with Crippen LogP contribution in [0.2, 0.25) is 0 Å². The van der Waals surface area contributed by atoms with Gasteiger partial charge in [0.15, 0.2) is 0 Å². The largest absolute Gasteiger partial charge is 0.456 e. The minimum absolute atomic E-state index is 0.478. The Balaban J connectivity index is 1.03. The molecule has 312 valence electrons. The van der Waals surface area contributed by atoms with Gasteiger partial charge >= 0.3 is 0 Å². The zero-order valence-electron chi connectivity index (χ0n) is 36.5. The number of hydrogen-bond acceptors (Lipinski definition) is 2. The van der Waals surface area contributed by atoms with Crippen molar-refractivity contribution < 1.29 is 4.42 Å². The Morgan fingerprint density at radius 2 is 0.746 bits per heavy atom. The van der Waals surface area contributed by atoms with Crippen molar-refractivity contribution in [3.63, 3.8) is 0 Å². The SMILES string of the molecule is c1ccc(-c2ccc(-c3cc(N(c4ccc(-c5ccccc5)cc4)c4ccc5c(c4)C4(c6ccccc6-c6ccccc64)c4ccccc4-5)cc4oc5cc6ccccc6cc5c34)cc2)cc1. The quantitative estimate of drug-likeness (QED) is 0.166. The molecule has 2 aliphatic rings. The number of rotatable bonds is 6. The fraction of sp³-hybridized carbons (Fsp3) is 0.0154. The number of nitrogens with zero attached hydrogens (tertiary/aromatic N) is 1. The van der Waals surface area contributed by atoms with E-state index in [1.165, 1.54) is 72.1 Å². The number of furan rings is 1. The lowest BCUT2D eigenvalue weighted by atomic mass is 9.70. The van der Waals surface area contributed by atoms with E-state index in [-0.39, 0.29) is 0 Å². The molecular weight excluding hydrogens is 811 g/mol. The zero-order valence-corrected chi connectivity index (χ0v) is 36.5. The van der Waals surface area contributed by atoms with Crippen LogP contribution in [0.4, 0.5) is 17.1 Å². The second-order valence-corrected chi connectivity index (χ2v) is 18.0. The summed E-state index contributed by atoms with van der Waals surface area (Å²) in [5.41, 5.74) is 21.8. The average molecular weight is 852 g/mol. The van der Waals surface area contributed by atoms with E-state index in [4.69, 9.17) is 4.42 Å². The number of anilines is 3. The number of benzene rings is 11. The van der Waals surface area contributed by atoms with Gasteiger partial charge in [0, 0.05) is 28.2 Å².